The summed E-state index contributed by atoms with van der Waals surface area (Å²) in [7, 11) is 0. The summed E-state index contributed by atoms with van der Waals surface area (Å²) >= 11 is 0. The minimum atomic E-state index is -0.457. The summed E-state index contributed by atoms with van der Waals surface area (Å²) < 4.78 is 1.70. The number of fused-ring (bicyclic) bond motifs is 4. The van der Waals surface area contributed by atoms with Crippen molar-refractivity contribution >= 4 is 5.91 Å². The zero-order valence-corrected chi connectivity index (χ0v) is 14.2. The largest absolute Gasteiger partial charge is 0.354 e. The van der Waals surface area contributed by atoms with E-state index in [0.717, 1.165) is 31.0 Å². The highest BCUT2D eigenvalue weighted by Crippen LogP contribution is 2.38. The molecule has 0 radical (unpaired) electrons. The maximum absolute atomic E-state index is 12.9. The van der Waals surface area contributed by atoms with E-state index in [9.17, 15) is 9.59 Å². The normalized spacial score (nSPS) is 24.6. The Hall–Kier alpha value is -2.48. The zero-order chi connectivity index (χ0) is 17.4. The summed E-state index contributed by atoms with van der Waals surface area (Å²) in [5.74, 6) is 1.77. The van der Waals surface area contributed by atoms with Gasteiger partial charge in [-0.3, -0.25) is 19.3 Å². The number of amides is 1. The van der Waals surface area contributed by atoms with E-state index in [0.29, 0.717) is 24.7 Å². The molecule has 2 aromatic heterocycles. The Morgan fingerprint density at radius 2 is 2.28 bits per heavy atom. The van der Waals surface area contributed by atoms with E-state index in [4.69, 9.17) is 0 Å². The summed E-state index contributed by atoms with van der Waals surface area (Å²) in [6, 6.07) is 4.83. The van der Waals surface area contributed by atoms with Crippen LogP contribution >= 0.6 is 0 Å². The highest BCUT2D eigenvalue weighted by atomic mass is 16.2. The standard InChI is InChI=1S/C17H22N6O2/c1-10-20-14(22-21-10)5-6-19-17(25)16-12-7-11(8-18-9-12)13-3-2-4-15(24)23(13)16/h2-4,11-12,16,18H,5-9H2,1H3,(H,19,25)(H,20,21,22)/t11-,12+,16-/m1/s1. The number of H-pyrrole nitrogens is 1. The van der Waals surface area contributed by atoms with Crippen molar-refractivity contribution in [1.82, 2.24) is 30.4 Å². The molecule has 0 spiro atoms. The average Bonchev–Trinajstić information content (AvgIpc) is 3.01. The molecule has 0 aliphatic carbocycles. The Kier molecular flexibility index (Phi) is 4.12. The van der Waals surface area contributed by atoms with Crippen LogP contribution in [-0.2, 0) is 11.2 Å². The van der Waals surface area contributed by atoms with Crippen molar-refractivity contribution in [3.8, 4) is 0 Å². The van der Waals surface area contributed by atoms with Gasteiger partial charge in [-0.2, -0.15) is 5.10 Å². The number of nitrogens with one attached hydrogen (secondary N) is 3. The molecule has 2 bridgehead atoms. The molecule has 4 heterocycles. The van der Waals surface area contributed by atoms with Gasteiger partial charge >= 0.3 is 0 Å². The molecular weight excluding hydrogens is 320 g/mol. The van der Waals surface area contributed by atoms with Gasteiger partial charge in [-0.05, 0) is 19.4 Å². The molecule has 3 N–H and O–H groups in total. The van der Waals surface area contributed by atoms with E-state index in [1.165, 1.54) is 6.07 Å². The molecule has 3 atom stereocenters. The van der Waals surface area contributed by atoms with Crippen LogP contribution < -0.4 is 16.2 Å². The van der Waals surface area contributed by atoms with Crippen molar-refractivity contribution in [1.29, 1.82) is 0 Å². The number of aromatic amines is 1. The van der Waals surface area contributed by atoms with Crippen molar-refractivity contribution < 1.29 is 4.79 Å². The van der Waals surface area contributed by atoms with Crippen molar-refractivity contribution in [3.05, 3.63) is 45.9 Å². The second kappa shape index (κ2) is 6.44. The molecule has 2 aliphatic heterocycles. The highest BCUT2D eigenvalue weighted by Gasteiger charge is 2.41. The molecule has 1 fully saturated rings. The average molecular weight is 342 g/mol. The summed E-state index contributed by atoms with van der Waals surface area (Å²) in [5.41, 5.74) is 0.861. The summed E-state index contributed by atoms with van der Waals surface area (Å²) in [5, 5.41) is 13.2. The second-order valence-electron chi connectivity index (χ2n) is 6.83. The van der Waals surface area contributed by atoms with Crippen LogP contribution in [0.3, 0.4) is 0 Å². The van der Waals surface area contributed by atoms with Gasteiger partial charge in [0.15, 0.2) is 5.82 Å². The van der Waals surface area contributed by atoms with Gasteiger partial charge in [0.2, 0.25) is 5.91 Å². The first-order chi connectivity index (χ1) is 12.1. The summed E-state index contributed by atoms with van der Waals surface area (Å²) in [6.07, 6.45) is 1.50. The third kappa shape index (κ3) is 2.97. The lowest BCUT2D eigenvalue weighted by Crippen LogP contribution is -2.52. The predicted molar refractivity (Wildman–Crippen MR) is 91.3 cm³/mol. The smallest absolute Gasteiger partial charge is 0.251 e. The van der Waals surface area contributed by atoms with E-state index in [-0.39, 0.29) is 17.4 Å². The number of aryl methyl sites for hydroxylation is 1. The fourth-order valence-electron chi connectivity index (χ4n) is 4.03. The lowest BCUT2D eigenvalue weighted by atomic mass is 9.79. The quantitative estimate of drug-likeness (QED) is 0.719. The molecule has 2 aromatic rings. The molecular formula is C17H22N6O2. The molecule has 2 aliphatic rings. The Labute approximate surface area is 145 Å². The molecule has 8 nitrogen and oxygen atoms in total. The number of pyridine rings is 1. The number of carbonyl (C=O) groups excluding carboxylic acids is 1. The van der Waals surface area contributed by atoms with Crippen LogP contribution in [0, 0.1) is 12.8 Å². The lowest BCUT2D eigenvalue weighted by molar-refractivity contribution is -0.126. The first kappa shape index (κ1) is 16.0. The monoisotopic (exact) mass is 342 g/mol. The van der Waals surface area contributed by atoms with E-state index < -0.39 is 6.04 Å². The minimum absolute atomic E-state index is 0.0983. The second-order valence-corrected chi connectivity index (χ2v) is 6.83. The number of rotatable bonds is 4. The van der Waals surface area contributed by atoms with Gasteiger partial charge in [0.25, 0.3) is 5.56 Å². The highest BCUT2D eigenvalue weighted by molar-refractivity contribution is 5.81. The van der Waals surface area contributed by atoms with Crippen LogP contribution in [0.4, 0.5) is 0 Å². The van der Waals surface area contributed by atoms with Crippen LogP contribution in [0.2, 0.25) is 0 Å². The minimum Gasteiger partial charge on any atom is -0.354 e. The number of carbonyl (C=O) groups is 1. The third-order valence-corrected chi connectivity index (χ3v) is 5.11. The number of nitrogens with zero attached hydrogens (tertiary/aromatic N) is 3. The van der Waals surface area contributed by atoms with Gasteiger partial charge in [0.05, 0.1) is 0 Å². The number of aromatic nitrogens is 4. The van der Waals surface area contributed by atoms with Crippen LogP contribution in [0.1, 0.15) is 35.7 Å². The van der Waals surface area contributed by atoms with Gasteiger partial charge in [-0.1, -0.05) is 6.07 Å². The van der Waals surface area contributed by atoms with Crippen LogP contribution in [0.15, 0.2) is 23.0 Å². The fourth-order valence-corrected chi connectivity index (χ4v) is 4.03. The topological polar surface area (TPSA) is 105 Å². The van der Waals surface area contributed by atoms with Gasteiger partial charge in [-0.25, -0.2) is 4.98 Å². The van der Waals surface area contributed by atoms with E-state index in [1.807, 2.05) is 13.0 Å². The molecule has 0 saturated carbocycles. The zero-order valence-electron chi connectivity index (χ0n) is 14.2. The Morgan fingerprint density at radius 3 is 3.08 bits per heavy atom. The Morgan fingerprint density at radius 1 is 1.40 bits per heavy atom. The first-order valence-electron chi connectivity index (χ1n) is 8.71. The number of hydrogen-bond acceptors (Lipinski definition) is 5. The predicted octanol–water partition coefficient (Wildman–Crippen LogP) is -0.118. The van der Waals surface area contributed by atoms with Gasteiger partial charge in [-0.15, -0.1) is 0 Å². The fraction of sp³-hybridized carbons (Fsp3) is 0.529. The van der Waals surface area contributed by atoms with Crippen LogP contribution in [0.25, 0.3) is 0 Å². The molecule has 8 heteroatoms. The van der Waals surface area contributed by atoms with Crippen molar-refractivity contribution in [3.63, 3.8) is 0 Å². The number of piperidine rings is 1. The van der Waals surface area contributed by atoms with Crippen molar-refractivity contribution in [2.75, 3.05) is 19.6 Å². The lowest BCUT2D eigenvalue weighted by Gasteiger charge is -2.42. The molecule has 1 saturated heterocycles. The SMILES string of the molecule is Cc1nc(CCNC(=O)[C@H]2[C@@H]3CNC[C@@H](C3)c3cccc(=O)n32)n[nH]1. The van der Waals surface area contributed by atoms with E-state index in [1.54, 1.807) is 10.6 Å². The molecule has 0 unspecified atom stereocenters. The molecule has 132 valence electrons. The Balaban J connectivity index is 1.53. The Bertz CT molecular complexity index is 842. The van der Waals surface area contributed by atoms with Crippen molar-refractivity contribution in [2.45, 2.75) is 31.7 Å². The van der Waals surface area contributed by atoms with Crippen LogP contribution in [-0.4, -0.2) is 45.3 Å². The molecule has 4 rings (SSSR count). The molecule has 1 amide bonds. The van der Waals surface area contributed by atoms with Gasteiger partial charge < -0.3 is 10.6 Å². The van der Waals surface area contributed by atoms with E-state index >= 15 is 0 Å². The van der Waals surface area contributed by atoms with E-state index in [2.05, 4.69) is 25.8 Å². The van der Waals surface area contributed by atoms with Gasteiger partial charge in [0, 0.05) is 49.7 Å². The van der Waals surface area contributed by atoms with Crippen LogP contribution in [0.5, 0.6) is 0 Å². The summed E-state index contributed by atoms with van der Waals surface area (Å²) in [6.45, 7) is 3.91. The van der Waals surface area contributed by atoms with Crippen molar-refractivity contribution in [2.24, 2.45) is 5.92 Å². The van der Waals surface area contributed by atoms with Gasteiger partial charge in [0.1, 0.15) is 11.9 Å². The molecule has 25 heavy (non-hydrogen) atoms. The summed E-state index contributed by atoms with van der Waals surface area (Å²) in [4.78, 5) is 29.5. The maximum Gasteiger partial charge on any atom is 0.251 e. The first-order valence-corrected chi connectivity index (χ1v) is 8.71. The third-order valence-electron chi connectivity index (χ3n) is 5.11. The maximum atomic E-state index is 12.9. The number of hydrogen-bond donors (Lipinski definition) is 3. The molecule has 0 aromatic carbocycles.